The molecule has 1 fully saturated rings. The van der Waals surface area contributed by atoms with Crippen LogP contribution < -0.4 is 20.5 Å². The number of hydrogen-bond acceptors (Lipinski definition) is 15. The van der Waals surface area contributed by atoms with E-state index in [1.165, 1.54) is 54.6 Å². The van der Waals surface area contributed by atoms with E-state index < -0.39 is 47.1 Å². The molecular formula is C27H25N5O11S2. The number of carbonyl (C=O) groups is 6. The van der Waals surface area contributed by atoms with E-state index in [0.29, 0.717) is 0 Å². The molecule has 0 spiro atoms. The van der Waals surface area contributed by atoms with Crippen molar-refractivity contribution in [3.63, 3.8) is 0 Å². The van der Waals surface area contributed by atoms with Crippen LogP contribution in [0.25, 0.3) is 0 Å². The normalized spacial score (nSPS) is 17.7. The lowest BCUT2D eigenvalue weighted by Gasteiger charge is -2.49. The molecule has 236 valence electrons. The van der Waals surface area contributed by atoms with Gasteiger partial charge in [-0.1, -0.05) is 11.2 Å². The van der Waals surface area contributed by atoms with Crippen molar-refractivity contribution in [2.24, 2.45) is 5.16 Å². The van der Waals surface area contributed by atoms with E-state index in [2.05, 4.69) is 15.5 Å². The van der Waals surface area contributed by atoms with Gasteiger partial charge in [-0.15, -0.1) is 23.1 Å². The summed E-state index contributed by atoms with van der Waals surface area (Å²) in [4.78, 5) is 83.1. The minimum atomic E-state index is -1.36. The van der Waals surface area contributed by atoms with Crippen LogP contribution in [0.3, 0.4) is 0 Å². The summed E-state index contributed by atoms with van der Waals surface area (Å²) in [6.45, 7) is 2.03. The number of amides is 2. The number of fused-ring (bicyclic) bond motifs is 1. The number of oxime groups is 1. The Balaban J connectivity index is 1.41. The zero-order chi connectivity index (χ0) is 32.8. The Morgan fingerprint density at radius 3 is 2.51 bits per heavy atom. The van der Waals surface area contributed by atoms with E-state index in [4.69, 9.17) is 24.8 Å². The highest BCUT2D eigenvalue weighted by atomic mass is 32.2. The minimum Gasteiger partial charge on any atom is -0.477 e. The van der Waals surface area contributed by atoms with E-state index in [1.807, 2.05) is 0 Å². The second-order valence-corrected chi connectivity index (χ2v) is 11.1. The first-order valence-corrected chi connectivity index (χ1v) is 14.7. The summed E-state index contributed by atoms with van der Waals surface area (Å²) in [5.74, 6) is -4.98. The number of anilines is 1. The molecule has 4 N–H and O–H groups in total. The number of nitrogens with two attached hydrogens (primary N) is 1. The van der Waals surface area contributed by atoms with Crippen LogP contribution in [0.4, 0.5) is 5.13 Å². The topological polar surface area (TPSA) is 226 Å². The van der Waals surface area contributed by atoms with Crippen molar-refractivity contribution in [3.8, 4) is 11.5 Å². The number of rotatable bonds is 11. The standard InChI is InChI=1S/C27H25N5O11S2/c1-12(33)42-17-7-6-14(9-18(17)43-13(2)34)26(39)41-8-4-5-15-10-44-24-20(23(36)32(24)21(15)25(37)38)30-22(35)19(31-40-3)16-11-45-27(28)29-16/h4-7,9,11,20,24H,8,10H2,1-3H3,(H2,28,29)(H,30,35)(H,37,38)/b5-4+,31-19-. The number of β-lactam (4-membered cyclic amide) rings is 1. The van der Waals surface area contributed by atoms with Crippen LogP contribution in [0, 0.1) is 0 Å². The number of hydrogen-bond donors (Lipinski definition) is 3. The number of nitrogens with zero attached hydrogens (tertiary/aromatic N) is 3. The molecule has 45 heavy (non-hydrogen) atoms. The molecule has 18 heteroatoms. The maximum atomic E-state index is 13.0. The molecule has 2 amide bonds. The highest BCUT2D eigenvalue weighted by Crippen LogP contribution is 2.40. The predicted molar refractivity (Wildman–Crippen MR) is 158 cm³/mol. The predicted octanol–water partition coefficient (Wildman–Crippen LogP) is 1.08. The summed E-state index contributed by atoms with van der Waals surface area (Å²) in [6, 6.07) is 2.72. The summed E-state index contributed by atoms with van der Waals surface area (Å²) < 4.78 is 15.2. The third-order valence-electron chi connectivity index (χ3n) is 5.97. The smallest absolute Gasteiger partial charge is 0.352 e. The first-order valence-electron chi connectivity index (χ1n) is 12.8. The van der Waals surface area contributed by atoms with Crippen molar-refractivity contribution in [2.45, 2.75) is 25.3 Å². The van der Waals surface area contributed by atoms with Gasteiger partial charge < -0.3 is 35.2 Å². The maximum absolute atomic E-state index is 13.0. The molecule has 2 aliphatic rings. The summed E-state index contributed by atoms with van der Waals surface area (Å²) in [7, 11) is 1.24. The van der Waals surface area contributed by atoms with Gasteiger partial charge in [0.2, 0.25) is 0 Å². The molecule has 4 rings (SSSR count). The lowest BCUT2D eigenvalue weighted by Crippen LogP contribution is -2.71. The lowest BCUT2D eigenvalue weighted by atomic mass is 10.0. The SMILES string of the molecule is CO/N=C(\C(=O)NC1C(=O)N2C(C(=O)O)=C(/C=C/COC(=O)c3ccc(OC(C)=O)c(OC(C)=O)c3)CSC12)c1csc(N)n1. The van der Waals surface area contributed by atoms with Crippen LogP contribution in [-0.2, 0) is 33.5 Å². The zero-order valence-electron chi connectivity index (χ0n) is 23.8. The molecular weight excluding hydrogens is 634 g/mol. The van der Waals surface area contributed by atoms with Gasteiger partial charge in [0.05, 0.1) is 5.56 Å². The van der Waals surface area contributed by atoms with Gasteiger partial charge in [-0.25, -0.2) is 14.6 Å². The Morgan fingerprint density at radius 1 is 1.18 bits per heavy atom. The highest BCUT2D eigenvalue weighted by molar-refractivity contribution is 8.00. The second-order valence-electron chi connectivity index (χ2n) is 9.08. The van der Waals surface area contributed by atoms with Crippen molar-refractivity contribution < 1.29 is 52.9 Å². The van der Waals surface area contributed by atoms with Crippen molar-refractivity contribution >= 4 is 69.6 Å². The van der Waals surface area contributed by atoms with E-state index in [1.54, 1.807) is 0 Å². The summed E-state index contributed by atoms with van der Waals surface area (Å²) in [5.41, 5.74) is 5.58. The first-order chi connectivity index (χ1) is 21.4. The van der Waals surface area contributed by atoms with Crippen LogP contribution in [-0.4, -0.2) is 87.3 Å². The average molecular weight is 660 g/mol. The molecule has 2 unspecified atom stereocenters. The Bertz CT molecular complexity index is 1670. The molecule has 1 saturated heterocycles. The third kappa shape index (κ3) is 7.47. The van der Waals surface area contributed by atoms with Crippen LogP contribution in [0.15, 0.2) is 52.2 Å². The summed E-state index contributed by atoms with van der Waals surface area (Å²) >= 11 is 2.31. The fraction of sp³-hybridized carbons (Fsp3) is 0.259. The number of carbonyl (C=O) groups excluding carboxylic acids is 5. The van der Waals surface area contributed by atoms with Crippen LogP contribution in [0.5, 0.6) is 11.5 Å². The van der Waals surface area contributed by atoms with Gasteiger partial charge >= 0.3 is 23.9 Å². The number of esters is 3. The van der Waals surface area contributed by atoms with Gasteiger partial charge in [0, 0.05) is 25.0 Å². The molecule has 0 radical (unpaired) electrons. The Morgan fingerprint density at radius 2 is 1.89 bits per heavy atom. The molecule has 0 bridgehead atoms. The largest absolute Gasteiger partial charge is 0.477 e. The van der Waals surface area contributed by atoms with Crippen LogP contribution in [0.2, 0.25) is 0 Å². The van der Waals surface area contributed by atoms with Crippen molar-refractivity contribution in [3.05, 3.63) is 58.3 Å². The fourth-order valence-electron chi connectivity index (χ4n) is 4.18. The van der Waals surface area contributed by atoms with E-state index in [-0.39, 0.29) is 57.2 Å². The van der Waals surface area contributed by atoms with Crippen LogP contribution >= 0.6 is 23.1 Å². The number of nitrogens with one attached hydrogen (secondary N) is 1. The molecule has 1 aromatic heterocycles. The van der Waals surface area contributed by atoms with Gasteiger partial charge in [0.25, 0.3) is 11.8 Å². The number of thiazole rings is 1. The minimum absolute atomic E-state index is 0.00623. The van der Waals surface area contributed by atoms with Gasteiger partial charge in [0.15, 0.2) is 22.3 Å². The Kier molecular flexibility index (Phi) is 10.2. The van der Waals surface area contributed by atoms with Crippen molar-refractivity contribution in [2.75, 3.05) is 25.2 Å². The van der Waals surface area contributed by atoms with Gasteiger partial charge in [0.1, 0.15) is 36.5 Å². The summed E-state index contributed by atoms with van der Waals surface area (Å²) in [6.07, 6.45) is 2.82. The quantitative estimate of drug-likeness (QED) is 0.101. The number of ether oxygens (including phenoxy) is 3. The Hall–Kier alpha value is -5.23. The monoisotopic (exact) mass is 659 g/mol. The lowest BCUT2D eigenvalue weighted by molar-refractivity contribution is -0.150. The number of nitrogen functional groups attached to an aromatic ring is 1. The van der Waals surface area contributed by atoms with Gasteiger partial charge in [-0.05, 0) is 29.8 Å². The van der Waals surface area contributed by atoms with Gasteiger partial charge in [-0.2, -0.15) is 0 Å². The maximum Gasteiger partial charge on any atom is 0.352 e. The van der Waals surface area contributed by atoms with Crippen molar-refractivity contribution in [1.82, 2.24) is 15.2 Å². The number of carboxylic acids is 1. The molecule has 1 aromatic carbocycles. The molecule has 2 atom stereocenters. The zero-order valence-corrected chi connectivity index (χ0v) is 25.4. The molecule has 0 saturated carbocycles. The summed E-state index contributed by atoms with van der Waals surface area (Å²) in [5, 5.41) is 17.1. The number of benzene rings is 1. The molecule has 3 heterocycles. The first kappa shape index (κ1) is 32.7. The molecule has 0 aliphatic carbocycles. The number of aromatic nitrogens is 1. The fourth-order valence-corrected chi connectivity index (χ4v) is 6.05. The number of allylic oxidation sites excluding steroid dienone is 1. The highest BCUT2D eigenvalue weighted by Gasteiger charge is 2.54. The number of aliphatic carboxylic acids is 1. The van der Waals surface area contributed by atoms with E-state index in [0.717, 1.165) is 30.1 Å². The van der Waals surface area contributed by atoms with Crippen LogP contribution in [0.1, 0.15) is 29.9 Å². The van der Waals surface area contributed by atoms with E-state index >= 15 is 0 Å². The molecule has 16 nitrogen and oxygen atoms in total. The Labute approximate surface area is 262 Å². The average Bonchev–Trinajstić information content (AvgIpc) is 3.41. The van der Waals surface area contributed by atoms with Crippen molar-refractivity contribution in [1.29, 1.82) is 0 Å². The van der Waals surface area contributed by atoms with Gasteiger partial charge in [-0.3, -0.25) is 24.1 Å². The number of thioether (sulfide) groups is 1. The second kappa shape index (κ2) is 14.0. The third-order valence-corrected chi connectivity index (χ3v) is 7.94. The molecule has 2 aliphatic heterocycles. The van der Waals surface area contributed by atoms with E-state index in [9.17, 15) is 33.9 Å². The number of carboxylic acid groups (broad SMARTS) is 1. The molecule has 2 aromatic rings.